The molecule has 0 aromatic heterocycles. The highest BCUT2D eigenvalue weighted by atomic mass is 35.5. The molecule has 0 aliphatic heterocycles. The summed E-state index contributed by atoms with van der Waals surface area (Å²) >= 11 is 5.80. The van der Waals surface area contributed by atoms with Gasteiger partial charge in [0.1, 0.15) is 5.75 Å². The van der Waals surface area contributed by atoms with Gasteiger partial charge in [-0.2, -0.15) is 0 Å². The third kappa shape index (κ3) is 5.30. The van der Waals surface area contributed by atoms with E-state index in [1.54, 1.807) is 55.5 Å². The molecule has 0 radical (unpaired) electrons. The summed E-state index contributed by atoms with van der Waals surface area (Å²) in [5.74, 6) is 0.0444. The maximum Gasteiger partial charge on any atom is 0.265 e. The number of nitrogens with one attached hydrogen (secondary N) is 2. The molecular formula is C17H17ClN2O3. The van der Waals surface area contributed by atoms with E-state index < -0.39 is 6.10 Å². The topological polar surface area (TPSA) is 67.4 Å². The van der Waals surface area contributed by atoms with Crippen molar-refractivity contribution in [1.82, 2.24) is 0 Å². The molecule has 0 unspecified atom stereocenters. The highest BCUT2D eigenvalue weighted by Gasteiger charge is 2.15. The lowest BCUT2D eigenvalue weighted by molar-refractivity contribution is -0.122. The molecule has 2 rings (SSSR count). The fraction of sp³-hybridized carbons (Fsp3) is 0.176. The van der Waals surface area contributed by atoms with E-state index in [0.717, 1.165) is 0 Å². The lowest BCUT2D eigenvalue weighted by Crippen LogP contribution is -2.30. The van der Waals surface area contributed by atoms with Crippen molar-refractivity contribution in [2.45, 2.75) is 20.0 Å². The Labute approximate surface area is 139 Å². The quantitative estimate of drug-likeness (QED) is 0.877. The number of benzene rings is 2. The van der Waals surface area contributed by atoms with Crippen molar-refractivity contribution in [1.29, 1.82) is 0 Å². The monoisotopic (exact) mass is 332 g/mol. The van der Waals surface area contributed by atoms with Crippen LogP contribution in [0.5, 0.6) is 5.75 Å². The summed E-state index contributed by atoms with van der Waals surface area (Å²) in [5.41, 5.74) is 1.25. The molecule has 0 saturated heterocycles. The van der Waals surface area contributed by atoms with Gasteiger partial charge in [-0.1, -0.05) is 17.7 Å². The minimum Gasteiger partial charge on any atom is -0.481 e. The van der Waals surface area contributed by atoms with Crippen LogP contribution in [0.15, 0.2) is 48.5 Å². The second-order valence-corrected chi connectivity index (χ2v) is 5.40. The Morgan fingerprint density at radius 3 is 2.39 bits per heavy atom. The number of carbonyl (C=O) groups excluding carboxylic acids is 2. The Balaban J connectivity index is 1.97. The predicted molar refractivity (Wildman–Crippen MR) is 90.9 cm³/mol. The van der Waals surface area contributed by atoms with Crippen LogP contribution in [0, 0.1) is 0 Å². The van der Waals surface area contributed by atoms with Crippen LogP contribution in [-0.2, 0) is 9.59 Å². The largest absolute Gasteiger partial charge is 0.481 e. The highest BCUT2D eigenvalue weighted by Crippen LogP contribution is 2.19. The molecule has 120 valence electrons. The van der Waals surface area contributed by atoms with Crippen molar-refractivity contribution >= 4 is 34.8 Å². The summed E-state index contributed by atoms with van der Waals surface area (Å²) < 4.78 is 5.60. The Kier molecular flexibility index (Phi) is 5.60. The molecule has 2 amide bonds. The zero-order valence-electron chi connectivity index (χ0n) is 12.8. The number of hydrogen-bond donors (Lipinski definition) is 2. The SMILES string of the molecule is CC(=O)Nc1cccc(O[C@@H](C)C(=O)Nc2ccc(Cl)cc2)c1. The van der Waals surface area contributed by atoms with Crippen molar-refractivity contribution in [3.8, 4) is 5.75 Å². The van der Waals surface area contributed by atoms with E-state index in [1.807, 2.05) is 0 Å². The first-order valence-corrected chi connectivity index (χ1v) is 7.42. The summed E-state index contributed by atoms with van der Waals surface area (Å²) in [6.07, 6.45) is -0.696. The Bertz CT molecular complexity index is 701. The van der Waals surface area contributed by atoms with Gasteiger partial charge >= 0.3 is 0 Å². The molecule has 2 N–H and O–H groups in total. The molecule has 6 heteroatoms. The first-order valence-electron chi connectivity index (χ1n) is 7.05. The van der Waals surface area contributed by atoms with Crippen molar-refractivity contribution in [3.05, 3.63) is 53.6 Å². The van der Waals surface area contributed by atoms with Crippen LogP contribution in [-0.4, -0.2) is 17.9 Å². The van der Waals surface area contributed by atoms with Crippen molar-refractivity contribution in [2.75, 3.05) is 10.6 Å². The standard InChI is InChI=1S/C17H17ClN2O3/c1-11(17(22)20-14-8-6-13(18)7-9-14)23-16-5-3-4-15(10-16)19-12(2)21/h3-11H,1-2H3,(H,19,21)(H,20,22)/t11-/m0/s1. The molecular weight excluding hydrogens is 316 g/mol. The van der Waals surface area contributed by atoms with E-state index in [2.05, 4.69) is 10.6 Å². The molecule has 0 fully saturated rings. The Morgan fingerprint density at radius 2 is 1.74 bits per heavy atom. The van der Waals surface area contributed by atoms with E-state index in [0.29, 0.717) is 22.1 Å². The second-order valence-electron chi connectivity index (χ2n) is 4.97. The smallest absolute Gasteiger partial charge is 0.265 e. The number of halogens is 1. The van der Waals surface area contributed by atoms with Crippen molar-refractivity contribution in [3.63, 3.8) is 0 Å². The number of amides is 2. The Hall–Kier alpha value is -2.53. The summed E-state index contributed by atoms with van der Waals surface area (Å²) in [4.78, 5) is 23.2. The molecule has 23 heavy (non-hydrogen) atoms. The van der Waals surface area contributed by atoms with Crippen molar-refractivity contribution < 1.29 is 14.3 Å². The van der Waals surface area contributed by atoms with Crippen LogP contribution >= 0.6 is 11.6 Å². The van der Waals surface area contributed by atoms with Crippen LogP contribution < -0.4 is 15.4 Å². The fourth-order valence-corrected chi connectivity index (χ4v) is 2.01. The highest BCUT2D eigenvalue weighted by molar-refractivity contribution is 6.30. The first-order chi connectivity index (χ1) is 10.9. The minimum atomic E-state index is -0.696. The molecule has 5 nitrogen and oxygen atoms in total. The molecule has 2 aromatic rings. The van der Waals surface area contributed by atoms with Crippen molar-refractivity contribution in [2.24, 2.45) is 0 Å². The Morgan fingerprint density at radius 1 is 1.04 bits per heavy atom. The van der Waals surface area contributed by atoms with E-state index in [4.69, 9.17) is 16.3 Å². The average Bonchev–Trinajstić information content (AvgIpc) is 2.49. The van der Waals surface area contributed by atoms with Gasteiger partial charge in [0.15, 0.2) is 6.10 Å². The predicted octanol–water partition coefficient (Wildman–Crippen LogP) is 3.70. The average molecular weight is 333 g/mol. The number of anilines is 2. The summed E-state index contributed by atoms with van der Waals surface area (Å²) in [6, 6.07) is 13.7. The summed E-state index contributed by atoms with van der Waals surface area (Å²) in [7, 11) is 0. The molecule has 0 heterocycles. The minimum absolute atomic E-state index is 0.171. The van der Waals surface area contributed by atoms with Gasteiger partial charge in [0, 0.05) is 29.4 Å². The number of hydrogen-bond acceptors (Lipinski definition) is 3. The number of ether oxygens (including phenoxy) is 1. The third-order valence-electron chi connectivity index (χ3n) is 2.95. The van der Waals surface area contributed by atoms with Crippen LogP contribution in [0.25, 0.3) is 0 Å². The lowest BCUT2D eigenvalue weighted by Gasteiger charge is -2.15. The van der Waals surface area contributed by atoms with Gasteiger partial charge in [0.25, 0.3) is 5.91 Å². The number of carbonyl (C=O) groups is 2. The van der Waals surface area contributed by atoms with E-state index in [-0.39, 0.29) is 11.8 Å². The van der Waals surface area contributed by atoms with E-state index in [1.165, 1.54) is 6.92 Å². The van der Waals surface area contributed by atoms with Crippen LogP contribution in [0.2, 0.25) is 5.02 Å². The van der Waals surface area contributed by atoms with Gasteiger partial charge in [0.2, 0.25) is 5.91 Å². The maximum atomic E-state index is 12.1. The molecule has 2 aromatic carbocycles. The van der Waals surface area contributed by atoms with Gasteiger partial charge in [-0.05, 0) is 43.3 Å². The molecule has 0 saturated carbocycles. The fourth-order valence-electron chi connectivity index (χ4n) is 1.89. The number of rotatable bonds is 5. The first kappa shape index (κ1) is 16.8. The van der Waals surface area contributed by atoms with Gasteiger partial charge in [0.05, 0.1) is 0 Å². The van der Waals surface area contributed by atoms with Gasteiger partial charge in [-0.15, -0.1) is 0 Å². The third-order valence-corrected chi connectivity index (χ3v) is 3.20. The maximum absolute atomic E-state index is 12.1. The normalized spacial score (nSPS) is 11.4. The van der Waals surface area contributed by atoms with Gasteiger partial charge < -0.3 is 15.4 Å². The van der Waals surface area contributed by atoms with Crippen LogP contribution in [0.1, 0.15) is 13.8 Å². The van der Waals surface area contributed by atoms with Gasteiger partial charge in [-0.25, -0.2) is 0 Å². The zero-order chi connectivity index (χ0) is 16.8. The molecule has 0 aliphatic rings. The molecule has 0 bridgehead atoms. The summed E-state index contributed by atoms with van der Waals surface area (Å²) in [5, 5.41) is 6.00. The van der Waals surface area contributed by atoms with Crippen LogP contribution in [0.4, 0.5) is 11.4 Å². The van der Waals surface area contributed by atoms with E-state index in [9.17, 15) is 9.59 Å². The molecule has 1 atom stereocenters. The molecule has 0 aliphatic carbocycles. The van der Waals surface area contributed by atoms with E-state index >= 15 is 0 Å². The summed E-state index contributed by atoms with van der Waals surface area (Å²) in [6.45, 7) is 3.08. The van der Waals surface area contributed by atoms with Gasteiger partial charge in [-0.3, -0.25) is 9.59 Å². The zero-order valence-corrected chi connectivity index (χ0v) is 13.6. The van der Waals surface area contributed by atoms with Crippen LogP contribution in [0.3, 0.4) is 0 Å². The lowest BCUT2D eigenvalue weighted by atomic mass is 10.2. The second kappa shape index (κ2) is 7.65. The molecule has 0 spiro atoms.